The van der Waals surface area contributed by atoms with Gasteiger partial charge in [-0.15, -0.1) is 0 Å². The minimum atomic E-state index is 0.703. The van der Waals surface area contributed by atoms with Gasteiger partial charge in [0.05, 0.1) is 24.7 Å². The van der Waals surface area contributed by atoms with E-state index in [-0.39, 0.29) is 0 Å². The Morgan fingerprint density at radius 1 is 1.11 bits per heavy atom. The van der Waals surface area contributed by atoms with Gasteiger partial charge in [0.25, 0.3) is 0 Å². The highest BCUT2D eigenvalue weighted by Crippen LogP contribution is 2.26. The third-order valence-corrected chi connectivity index (χ3v) is 2.77. The number of methoxy groups -OCH3 is 1. The number of rotatable bonds is 3. The minimum Gasteiger partial charge on any atom is -0.495 e. The molecule has 0 radical (unpaired) electrons. The van der Waals surface area contributed by atoms with Gasteiger partial charge < -0.3 is 10.1 Å². The van der Waals surface area contributed by atoms with Gasteiger partial charge in [0.1, 0.15) is 11.4 Å². The Kier molecular flexibility index (Phi) is 3.41. The molecule has 1 N–H and O–H groups in total. The van der Waals surface area contributed by atoms with E-state index in [0.29, 0.717) is 5.75 Å². The summed E-state index contributed by atoms with van der Waals surface area (Å²) in [5.41, 5.74) is 3.49. The lowest BCUT2D eigenvalue weighted by molar-refractivity contribution is 0.413. The van der Waals surface area contributed by atoms with Crippen LogP contribution in [0.4, 0.5) is 5.82 Å². The summed E-state index contributed by atoms with van der Waals surface area (Å²) in [5, 5.41) is 3.06. The normalized spacial score (nSPS) is 10.2. The zero-order chi connectivity index (χ0) is 13.1. The molecule has 2 aromatic heterocycles. The summed E-state index contributed by atoms with van der Waals surface area (Å²) in [5.74, 6) is 1.45. The van der Waals surface area contributed by atoms with Gasteiger partial charge >= 0.3 is 0 Å². The lowest BCUT2D eigenvalue weighted by Crippen LogP contribution is -2.03. The summed E-state index contributed by atoms with van der Waals surface area (Å²) < 4.78 is 5.17. The second kappa shape index (κ2) is 5.00. The number of pyridine rings is 1. The van der Waals surface area contributed by atoms with Crippen LogP contribution in [0.15, 0.2) is 18.5 Å². The fourth-order valence-electron chi connectivity index (χ4n) is 1.64. The standard InChI is InChI=1S/C13H16N4O/c1-8-9(2)17-13(14-3)12(16-8)10-5-11(18-4)7-15-6-10/h5-7H,1-4H3,(H,14,17). The Morgan fingerprint density at radius 3 is 2.50 bits per heavy atom. The first-order valence-electron chi connectivity index (χ1n) is 5.68. The van der Waals surface area contributed by atoms with E-state index in [4.69, 9.17) is 4.74 Å². The van der Waals surface area contributed by atoms with Crippen LogP contribution in [0, 0.1) is 13.8 Å². The molecule has 0 fully saturated rings. The van der Waals surface area contributed by atoms with Crippen molar-refractivity contribution in [3.63, 3.8) is 0 Å². The average Bonchev–Trinajstić information content (AvgIpc) is 2.41. The largest absolute Gasteiger partial charge is 0.495 e. The molecule has 2 aromatic rings. The van der Waals surface area contributed by atoms with E-state index in [9.17, 15) is 0 Å². The smallest absolute Gasteiger partial charge is 0.152 e. The predicted octanol–water partition coefficient (Wildman–Crippen LogP) is 2.21. The van der Waals surface area contributed by atoms with Crippen LogP contribution in [-0.2, 0) is 0 Å². The molecule has 0 bridgehead atoms. The van der Waals surface area contributed by atoms with Crippen molar-refractivity contribution in [1.29, 1.82) is 0 Å². The van der Waals surface area contributed by atoms with E-state index in [2.05, 4.69) is 20.3 Å². The molecule has 2 heterocycles. The van der Waals surface area contributed by atoms with Crippen molar-refractivity contribution in [2.45, 2.75) is 13.8 Å². The van der Waals surface area contributed by atoms with Crippen LogP contribution in [0.25, 0.3) is 11.3 Å². The predicted molar refractivity (Wildman–Crippen MR) is 70.8 cm³/mol. The van der Waals surface area contributed by atoms with Crippen molar-refractivity contribution in [2.24, 2.45) is 0 Å². The molecule has 0 aromatic carbocycles. The fraction of sp³-hybridized carbons (Fsp3) is 0.308. The monoisotopic (exact) mass is 244 g/mol. The summed E-state index contributed by atoms with van der Waals surface area (Å²) in [6.07, 6.45) is 3.42. The minimum absolute atomic E-state index is 0.703. The zero-order valence-electron chi connectivity index (χ0n) is 11.0. The average molecular weight is 244 g/mol. The molecule has 0 unspecified atom stereocenters. The third kappa shape index (κ3) is 2.25. The van der Waals surface area contributed by atoms with Crippen molar-refractivity contribution in [3.05, 3.63) is 29.8 Å². The van der Waals surface area contributed by atoms with Crippen LogP contribution in [0.1, 0.15) is 11.4 Å². The van der Waals surface area contributed by atoms with Gasteiger partial charge in [-0.2, -0.15) is 0 Å². The molecule has 5 nitrogen and oxygen atoms in total. The molecule has 0 atom stereocenters. The Morgan fingerprint density at radius 2 is 1.83 bits per heavy atom. The van der Waals surface area contributed by atoms with Crippen LogP contribution >= 0.6 is 0 Å². The summed E-state index contributed by atoms with van der Waals surface area (Å²) in [6.45, 7) is 3.88. The van der Waals surface area contributed by atoms with Gasteiger partial charge in [-0.05, 0) is 19.9 Å². The maximum atomic E-state index is 5.17. The molecule has 0 aliphatic rings. The molecule has 2 rings (SSSR count). The number of aryl methyl sites for hydroxylation is 2. The number of nitrogens with one attached hydrogen (secondary N) is 1. The molecule has 0 aliphatic heterocycles. The molecule has 0 aliphatic carbocycles. The molecule has 0 amide bonds. The highest BCUT2D eigenvalue weighted by Gasteiger charge is 2.11. The van der Waals surface area contributed by atoms with Crippen LogP contribution in [0.5, 0.6) is 5.75 Å². The van der Waals surface area contributed by atoms with E-state index in [0.717, 1.165) is 28.5 Å². The number of anilines is 1. The van der Waals surface area contributed by atoms with E-state index >= 15 is 0 Å². The van der Waals surface area contributed by atoms with Gasteiger partial charge in [-0.25, -0.2) is 9.97 Å². The highest BCUT2D eigenvalue weighted by atomic mass is 16.5. The van der Waals surface area contributed by atoms with Crippen molar-refractivity contribution in [1.82, 2.24) is 15.0 Å². The quantitative estimate of drug-likeness (QED) is 0.897. The Bertz CT molecular complexity index is 569. The zero-order valence-corrected chi connectivity index (χ0v) is 11.0. The Hall–Kier alpha value is -2.17. The lowest BCUT2D eigenvalue weighted by atomic mass is 10.2. The maximum Gasteiger partial charge on any atom is 0.152 e. The first-order chi connectivity index (χ1) is 8.65. The van der Waals surface area contributed by atoms with Crippen molar-refractivity contribution in [3.8, 4) is 17.0 Å². The first kappa shape index (κ1) is 12.3. The molecule has 0 saturated heterocycles. The van der Waals surface area contributed by atoms with Crippen molar-refractivity contribution >= 4 is 5.82 Å². The van der Waals surface area contributed by atoms with Crippen LogP contribution in [-0.4, -0.2) is 29.1 Å². The van der Waals surface area contributed by atoms with Crippen LogP contribution in [0.2, 0.25) is 0 Å². The molecule has 5 heteroatoms. The van der Waals surface area contributed by atoms with E-state index < -0.39 is 0 Å². The SMILES string of the molecule is CNc1nc(C)c(C)nc1-c1cncc(OC)c1. The summed E-state index contributed by atoms with van der Waals surface area (Å²) >= 11 is 0. The van der Waals surface area contributed by atoms with Gasteiger partial charge in [0, 0.05) is 18.8 Å². The molecule has 18 heavy (non-hydrogen) atoms. The van der Waals surface area contributed by atoms with Crippen LogP contribution in [0.3, 0.4) is 0 Å². The Labute approximate surface area is 106 Å². The molecular formula is C13H16N4O. The third-order valence-electron chi connectivity index (χ3n) is 2.77. The Balaban J connectivity index is 2.58. The number of hydrogen-bond acceptors (Lipinski definition) is 5. The van der Waals surface area contributed by atoms with Crippen molar-refractivity contribution in [2.75, 3.05) is 19.5 Å². The van der Waals surface area contributed by atoms with E-state index in [1.54, 1.807) is 19.5 Å². The highest BCUT2D eigenvalue weighted by molar-refractivity contribution is 5.71. The van der Waals surface area contributed by atoms with Crippen LogP contribution < -0.4 is 10.1 Å². The summed E-state index contributed by atoms with van der Waals surface area (Å²) in [7, 11) is 3.45. The topological polar surface area (TPSA) is 59.9 Å². The number of aromatic nitrogens is 3. The van der Waals surface area contributed by atoms with Gasteiger partial charge in [0.15, 0.2) is 5.82 Å². The first-order valence-corrected chi connectivity index (χ1v) is 5.68. The maximum absolute atomic E-state index is 5.17. The van der Waals surface area contributed by atoms with Gasteiger partial charge in [0.2, 0.25) is 0 Å². The fourth-order valence-corrected chi connectivity index (χ4v) is 1.64. The number of nitrogens with zero attached hydrogens (tertiary/aromatic N) is 3. The van der Waals surface area contributed by atoms with Gasteiger partial charge in [-0.3, -0.25) is 4.98 Å². The van der Waals surface area contributed by atoms with E-state index in [1.165, 1.54) is 0 Å². The molecule has 0 saturated carbocycles. The number of ether oxygens (including phenoxy) is 1. The summed E-state index contributed by atoms with van der Waals surface area (Å²) in [4.78, 5) is 13.2. The second-order valence-electron chi connectivity index (χ2n) is 3.96. The molecule has 0 spiro atoms. The van der Waals surface area contributed by atoms with Crippen molar-refractivity contribution < 1.29 is 4.74 Å². The molecule has 94 valence electrons. The number of hydrogen-bond donors (Lipinski definition) is 1. The van der Waals surface area contributed by atoms with E-state index in [1.807, 2.05) is 27.0 Å². The second-order valence-corrected chi connectivity index (χ2v) is 3.96. The lowest BCUT2D eigenvalue weighted by Gasteiger charge is -2.10. The molecular weight excluding hydrogens is 228 g/mol. The van der Waals surface area contributed by atoms with Gasteiger partial charge in [-0.1, -0.05) is 0 Å². The summed E-state index contributed by atoms with van der Waals surface area (Å²) in [6, 6.07) is 1.90.